The number of dihydropyridines is 1. The van der Waals surface area contributed by atoms with E-state index in [9.17, 15) is 14.0 Å². The first-order chi connectivity index (χ1) is 12.1. The van der Waals surface area contributed by atoms with E-state index in [1.54, 1.807) is 6.92 Å². The second-order valence-electron chi connectivity index (χ2n) is 5.55. The van der Waals surface area contributed by atoms with Gasteiger partial charge in [-0.1, -0.05) is 30.3 Å². The topological polar surface area (TPSA) is 67.8 Å². The van der Waals surface area contributed by atoms with Crippen LogP contribution >= 0.6 is 0 Å². The lowest BCUT2D eigenvalue weighted by Gasteiger charge is -2.26. The summed E-state index contributed by atoms with van der Waals surface area (Å²) in [7, 11) is 0. The van der Waals surface area contributed by atoms with Crippen molar-refractivity contribution in [3.05, 3.63) is 71.2 Å². The fraction of sp³-hybridized carbons (Fsp3) is 0.211. The molecule has 128 valence electrons. The number of carbonyl (C=O) groups excluding carboxylic acids is 2. The molecule has 1 heterocycles. The van der Waals surface area contributed by atoms with E-state index in [-0.39, 0.29) is 12.2 Å². The van der Waals surface area contributed by atoms with Crippen LogP contribution in [0.25, 0.3) is 0 Å². The Morgan fingerprint density at radius 2 is 2.04 bits per heavy atom. The van der Waals surface area contributed by atoms with Gasteiger partial charge in [-0.15, -0.1) is 0 Å². The number of amides is 1. The minimum absolute atomic E-state index is 0.132. The van der Waals surface area contributed by atoms with Crippen molar-refractivity contribution < 1.29 is 18.7 Å². The van der Waals surface area contributed by atoms with E-state index in [4.69, 9.17) is 4.74 Å². The summed E-state index contributed by atoms with van der Waals surface area (Å²) in [6.07, 6.45) is 4.02. The molecule has 1 aromatic carbocycles. The molecular weight excluding hydrogens is 323 g/mol. The second-order valence-corrected chi connectivity index (χ2v) is 5.55. The maximum atomic E-state index is 13.7. The van der Waals surface area contributed by atoms with E-state index in [1.165, 1.54) is 18.2 Å². The fourth-order valence-electron chi connectivity index (χ4n) is 2.74. The van der Waals surface area contributed by atoms with Gasteiger partial charge in [0.15, 0.2) is 0 Å². The van der Waals surface area contributed by atoms with E-state index in [1.807, 2.05) is 30.3 Å². The molecule has 0 bridgehead atoms. The highest BCUT2D eigenvalue weighted by Crippen LogP contribution is 2.29. The molecular formula is C19H17FN2O3. The first-order valence-corrected chi connectivity index (χ1v) is 7.97. The Morgan fingerprint density at radius 1 is 1.28 bits per heavy atom. The normalized spacial score (nSPS) is 19.1. The van der Waals surface area contributed by atoms with Crippen LogP contribution in [0, 0.1) is 5.92 Å². The highest BCUT2D eigenvalue weighted by molar-refractivity contribution is 6.24. The Labute approximate surface area is 144 Å². The number of nitrogens with zero attached hydrogens (tertiary/aromatic N) is 1. The highest BCUT2D eigenvalue weighted by Gasteiger charge is 2.35. The molecule has 1 aromatic rings. The lowest BCUT2D eigenvalue weighted by molar-refractivity contribution is -0.140. The Bertz CT molecular complexity index is 822. The largest absolute Gasteiger partial charge is 0.462 e. The number of carbonyl (C=O) groups is 2. The molecule has 3 rings (SSSR count). The third kappa shape index (κ3) is 3.57. The maximum Gasteiger partial charge on any atom is 0.345 e. The average molecular weight is 340 g/mol. The average Bonchev–Trinajstić information content (AvgIpc) is 2.61. The van der Waals surface area contributed by atoms with E-state index in [2.05, 4.69) is 10.3 Å². The molecule has 1 amide bonds. The molecule has 1 aliphatic heterocycles. The quantitative estimate of drug-likeness (QED) is 0.661. The van der Waals surface area contributed by atoms with Gasteiger partial charge in [0.05, 0.1) is 18.2 Å². The number of ether oxygens (including phenoxy) is 1. The number of halogens is 1. The molecule has 1 unspecified atom stereocenters. The lowest BCUT2D eigenvalue weighted by atomic mass is 9.88. The molecule has 6 heteroatoms. The van der Waals surface area contributed by atoms with Crippen molar-refractivity contribution in [1.29, 1.82) is 0 Å². The molecule has 0 spiro atoms. The van der Waals surface area contributed by atoms with Gasteiger partial charge in [0.1, 0.15) is 11.4 Å². The lowest BCUT2D eigenvalue weighted by Crippen LogP contribution is -2.35. The van der Waals surface area contributed by atoms with Gasteiger partial charge in [-0.3, -0.25) is 4.79 Å². The summed E-state index contributed by atoms with van der Waals surface area (Å²) in [6, 6.07) is 9.49. The zero-order chi connectivity index (χ0) is 17.8. The van der Waals surface area contributed by atoms with Gasteiger partial charge in [0.25, 0.3) is 5.91 Å². The molecule has 0 fully saturated rings. The van der Waals surface area contributed by atoms with Crippen molar-refractivity contribution in [1.82, 2.24) is 5.32 Å². The Balaban J connectivity index is 1.97. The van der Waals surface area contributed by atoms with Crippen LogP contribution in [0.3, 0.4) is 0 Å². The summed E-state index contributed by atoms with van der Waals surface area (Å²) in [5.74, 6) is -2.50. The summed E-state index contributed by atoms with van der Waals surface area (Å²) < 4.78 is 18.7. The molecule has 0 saturated heterocycles. The number of hydrogen-bond acceptors (Lipinski definition) is 4. The van der Waals surface area contributed by atoms with Crippen LogP contribution in [0.1, 0.15) is 12.5 Å². The molecule has 1 aliphatic carbocycles. The van der Waals surface area contributed by atoms with Gasteiger partial charge in [-0.2, -0.15) is 0 Å². The predicted molar refractivity (Wildman–Crippen MR) is 91.2 cm³/mol. The number of aliphatic imine (C=N–C) groups is 1. The van der Waals surface area contributed by atoms with Crippen LogP contribution in [0.4, 0.5) is 4.39 Å². The second kappa shape index (κ2) is 7.25. The number of hydrogen-bond donors (Lipinski definition) is 1. The van der Waals surface area contributed by atoms with Crippen molar-refractivity contribution in [3.8, 4) is 0 Å². The van der Waals surface area contributed by atoms with Crippen molar-refractivity contribution in [2.24, 2.45) is 10.9 Å². The molecule has 0 aromatic heterocycles. The number of nitrogens with one attached hydrogen (secondary N) is 1. The van der Waals surface area contributed by atoms with Gasteiger partial charge in [0.2, 0.25) is 0 Å². The van der Waals surface area contributed by atoms with E-state index in [0.29, 0.717) is 18.0 Å². The standard InChI is InChI=1S/C19H17FN2O3/c1-2-25-19(24)16-17(21-11-12-6-4-3-5-7-12)14-10-13(20)8-9-15(14)22-18(16)23/h3-10,14,21H,2,11H2,1H3. The fourth-order valence-corrected chi connectivity index (χ4v) is 2.74. The number of fused-ring (bicyclic) bond motifs is 1. The maximum absolute atomic E-state index is 13.7. The van der Waals surface area contributed by atoms with Crippen LogP contribution in [0.2, 0.25) is 0 Å². The molecule has 1 atom stereocenters. The first kappa shape index (κ1) is 16.8. The monoisotopic (exact) mass is 340 g/mol. The van der Waals surface area contributed by atoms with Crippen molar-refractivity contribution >= 4 is 17.6 Å². The summed E-state index contributed by atoms with van der Waals surface area (Å²) in [6.45, 7) is 2.17. The number of benzene rings is 1. The zero-order valence-corrected chi connectivity index (χ0v) is 13.7. The van der Waals surface area contributed by atoms with Gasteiger partial charge in [0, 0.05) is 12.2 Å². The van der Waals surface area contributed by atoms with Gasteiger partial charge in [-0.05, 0) is 30.7 Å². The molecule has 0 radical (unpaired) electrons. The van der Waals surface area contributed by atoms with Crippen LogP contribution in [-0.2, 0) is 20.9 Å². The summed E-state index contributed by atoms with van der Waals surface area (Å²) in [5.41, 5.74) is 1.50. The smallest absolute Gasteiger partial charge is 0.345 e. The third-order valence-corrected chi connectivity index (χ3v) is 3.89. The number of esters is 1. The minimum atomic E-state index is -0.755. The Kier molecular flexibility index (Phi) is 4.88. The summed E-state index contributed by atoms with van der Waals surface area (Å²) in [4.78, 5) is 28.5. The first-order valence-electron chi connectivity index (χ1n) is 7.97. The summed E-state index contributed by atoms with van der Waals surface area (Å²) >= 11 is 0. The van der Waals surface area contributed by atoms with E-state index < -0.39 is 23.6 Å². The molecule has 1 N–H and O–H groups in total. The van der Waals surface area contributed by atoms with Gasteiger partial charge >= 0.3 is 5.97 Å². The van der Waals surface area contributed by atoms with Crippen LogP contribution in [-0.4, -0.2) is 24.2 Å². The van der Waals surface area contributed by atoms with Crippen molar-refractivity contribution in [3.63, 3.8) is 0 Å². The van der Waals surface area contributed by atoms with Crippen LogP contribution < -0.4 is 5.32 Å². The SMILES string of the molecule is CCOC(=O)C1=C(NCc2ccccc2)C2C=C(F)C=CC2=NC1=O. The number of rotatable bonds is 5. The number of allylic oxidation sites excluding steroid dienone is 4. The Hall–Kier alpha value is -3.02. The van der Waals surface area contributed by atoms with Crippen LogP contribution in [0.15, 0.2) is 70.6 Å². The van der Waals surface area contributed by atoms with Crippen molar-refractivity contribution in [2.45, 2.75) is 13.5 Å². The highest BCUT2D eigenvalue weighted by atomic mass is 19.1. The zero-order valence-electron chi connectivity index (χ0n) is 13.7. The summed E-state index contributed by atoms with van der Waals surface area (Å²) in [5, 5.41) is 3.11. The van der Waals surface area contributed by atoms with Gasteiger partial charge < -0.3 is 10.1 Å². The third-order valence-electron chi connectivity index (χ3n) is 3.89. The molecule has 2 aliphatic rings. The predicted octanol–water partition coefficient (Wildman–Crippen LogP) is 2.61. The van der Waals surface area contributed by atoms with E-state index in [0.717, 1.165) is 5.56 Å². The Morgan fingerprint density at radius 3 is 2.76 bits per heavy atom. The van der Waals surface area contributed by atoms with Gasteiger partial charge in [-0.25, -0.2) is 14.2 Å². The van der Waals surface area contributed by atoms with Crippen molar-refractivity contribution in [2.75, 3.05) is 6.61 Å². The molecule has 5 nitrogen and oxygen atoms in total. The van der Waals surface area contributed by atoms with E-state index >= 15 is 0 Å². The molecule has 0 saturated carbocycles. The van der Waals surface area contributed by atoms with Crippen LogP contribution in [0.5, 0.6) is 0 Å². The minimum Gasteiger partial charge on any atom is -0.462 e. The molecule has 25 heavy (non-hydrogen) atoms.